The van der Waals surface area contributed by atoms with Gasteiger partial charge in [-0.3, -0.25) is 4.79 Å². The van der Waals surface area contributed by atoms with E-state index in [0.717, 1.165) is 69.2 Å². The number of ether oxygens (including phenoxy) is 7. The quantitative estimate of drug-likeness (QED) is 0.109. The number of hydrogen-bond donors (Lipinski definition) is 9. The van der Waals surface area contributed by atoms with E-state index in [1.54, 1.807) is 11.8 Å². The highest BCUT2D eigenvalue weighted by atomic mass is 16.8. The van der Waals surface area contributed by atoms with Crippen molar-refractivity contribution in [2.75, 3.05) is 20.3 Å². The Morgan fingerprint density at radius 2 is 1.45 bits per heavy atom. The fourth-order valence-corrected chi connectivity index (χ4v) is 16.4. The highest BCUT2D eigenvalue weighted by molar-refractivity contribution is 5.84. The monoisotopic (exact) mass is 1080 g/mol. The minimum atomic E-state index is -1.76. The number of aliphatic hydroxyl groups is 8. The average Bonchev–Trinajstić information content (AvgIpc) is 4.02. The third kappa shape index (κ3) is 9.62. The zero-order valence-electron chi connectivity index (χ0n) is 46.2. The maximum absolute atomic E-state index is 14.9. The minimum absolute atomic E-state index is 0.0576. The lowest BCUT2D eigenvalue weighted by Gasteiger charge is -2.71. The summed E-state index contributed by atoms with van der Waals surface area (Å²) in [6, 6.07) is 7.60. The summed E-state index contributed by atoms with van der Waals surface area (Å²) >= 11 is 0. The van der Waals surface area contributed by atoms with Crippen LogP contribution in [0.1, 0.15) is 125 Å². The molecule has 3 aliphatic heterocycles. The molecule has 20 nitrogen and oxygen atoms in total. The van der Waals surface area contributed by atoms with Crippen LogP contribution in [0.5, 0.6) is 5.75 Å². The fraction of sp³-hybridized carbons (Fsp3) is 0.807. The summed E-state index contributed by atoms with van der Waals surface area (Å²) in [4.78, 5) is 14.9. The van der Waals surface area contributed by atoms with Crippen molar-refractivity contribution in [2.24, 2.45) is 50.2 Å². The van der Waals surface area contributed by atoms with Crippen LogP contribution in [0.2, 0.25) is 0 Å². The van der Waals surface area contributed by atoms with Gasteiger partial charge < -0.3 is 79.3 Å². The number of hydrogen-bond acceptors (Lipinski definition) is 18. The highest BCUT2D eigenvalue weighted by Gasteiger charge is 2.70. The van der Waals surface area contributed by atoms with Gasteiger partial charge in [0.15, 0.2) is 18.9 Å². The van der Waals surface area contributed by atoms with Crippen molar-refractivity contribution >= 4 is 5.91 Å². The van der Waals surface area contributed by atoms with Crippen molar-refractivity contribution in [2.45, 2.75) is 218 Å². The Bertz CT molecular complexity index is 2460. The third-order valence-electron chi connectivity index (χ3n) is 21.3. The van der Waals surface area contributed by atoms with E-state index in [9.17, 15) is 45.6 Å². The van der Waals surface area contributed by atoms with Gasteiger partial charge in [0, 0.05) is 0 Å². The first-order valence-electron chi connectivity index (χ1n) is 28.1. The summed E-state index contributed by atoms with van der Waals surface area (Å²) in [5.41, 5.74) is 1.83. The van der Waals surface area contributed by atoms with E-state index in [1.807, 2.05) is 30.5 Å². The van der Waals surface area contributed by atoms with E-state index in [2.05, 4.69) is 70.2 Å². The molecule has 5 aliphatic carbocycles. The molecule has 8 aliphatic rings. The molecule has 430 valence electrons. The molecule has 77 heavy (non-hydrogen) atoms. The number of nitrogens with zero attached hydrogens (tertiary/aromatic N) is 3. The molecule has 0 bridgehead atoms. The van der Waals surface area contributed by atoms with Crippen molar-refractivity contribution in [1.82, 2.24) is 20.3 Å². The van der Waals surface area contributed by atoms with Gasteiger partial charge in [-0.1, -0.05) is 65.3 Å². The van der Waals surface area contributed by atoms with Gasteiger partial charge in [0.2, 0.25) is 5.91 Å². The van der Waals surface area contributed by atoms with Crippen molar-refractivity contribution in [3.8, 4) is 11.4 Å². The van der Waals surface area contributed by atoms with E-state index in [4.69, 9.17) is 33.2 Å². The molecule has 20 heteroatoms. The van der Waals surface area contributed by atoms with E-state index >= 15 is 0 Å². The van der Waals surface area contributed by atoms with Crippen molar-refractivity contribution in [3.63, 3.8) is 0 Å². The predicted octanol–water partition coefficient (Wildman–Crippen LogP) is 3.19. The van der Waals surface area contributed by atoms with Crippen LogP contribution in [-0.2, 0) is 39.8 Å². The fourth-order valence-electron chi connectivity index (χ4n) is 16.4. The van der Waals surface area contributed by atoms with Gasteiger partial charge in [0.25, 0.3) is 0 Å². The number of allylic oxidation sites excluding steroid dienone is 2. The first-order chi connectivity index (χ1) is 36.3. The summed E-state index contributed by atoms with van der Waals surface area (Å²) in [6.07, 6.45) is -7.89. The van der Waals surface area contributed by atoms with Crippen LogP contribution in [0.3, 0.4) is 0 Å². The number of benzene rings is 1. The molecule has 1 aromatic heterocycles. The van der Waals surface area contributed by atoms with Gasteiger partial charge in [-0.25, -0.2) is 4.68 Å². The smallest absolute Gasteiger partial charge is 0.227 e. The molecular weight excluding hydrogens is 997 g/mol. The molecule has 1 aromatic carbocycles. The van der Waals surface area contributed by atoms with Gasteiger partial charge in [-0.05, 0) is 140 Å². The van der Waals surface area contributed by atoms with Crippen LogP contribution in [0.15, 0.2) is 42.1 Å². The first-order valence-corrected chi connectivity index (χ1v) is 28.1. The summed E-state index contributed by atoms with van der Waals surface area (Å²) in [7, 11) is 1.63. The molecule has 4 saturated carbocycles. The summed E-state index contributed by atoms with van der Waals surface area (Å²) in [5, 5.41) is 98.1. The topological polar surface area (TPSA) is 286 Å². The molecular formula is C57H86N4O16. The molecule has 1 amide bonds. The number of rotatable bonds is 12. The van der Waals surface area contributed by atoms with Crippen LogP contribution < -0.4 is 10.1 Å². The van der Waals surface area contributed by atoms with Crippen molar-refractivity contribution in [1.29, 1.82) is 0 Å². The molecule has 7 fully saturated rings. The second-order valence-corrected chi connectivity index (χ2v) is 26.2. The Balaban J connectivity index is 0.868. The Morgan fingerprint density at radius 3 is 2.16 bits per heavy atom. The number of nitrogens with one attached hydrogen (secondary N) is 1. The van der Waals surface area contributed by atoms with Gasteiger partial charge in [-0.2, -0.15) is 0 Å². The lowest BCUT2D eigenvalue weighted by Crippen LogP contribution is -2.66. The molecule has 0 unspecified atom stereocenters. The van der Waals surface area contributed by atoms with Gasteiger partial charge in [0.1, 0.15) is 72.5 Å². The van der Waals surface area contributed by atoms with Crippen molar-refractivity contribution < 1.29 is 78.8 Å². The molecule has 2 aromatic rings. The lowest BCUT2D eigenvalue weighted by molar-refractivity contribution is -0.380. The Hall–Kier alpha value is -3.19. The normalized spacial score (nSPS) is 46.3. The predicted molar refractivity (Wildman–Crippen MR) is 275 cm³/mol. The van der Waals surface area contributed by atoms with Crippen LogP contribution in [-0.4, -0.2) is 174 Å². The molecule has 0 radical (unpaired) electrons. The van der Waals surface area contributed by atoms with E-state index in [1.165, 1.54) is 12.5 Å². The zero-order chi connectivity index (χ0) is 55.4. The number of amides is 1. The largest absolute Gasteiger partial charge is 0.497 e. The number of carbonyl (C=O) groups excluding carboxylic acids is 1. The SMILES string of the molecule is COc1ccc(-n2cc(CNC(=O)[C@]34CCC(C)(C)C[C@H]3C3=CC[C@@H]5[C@@]6(C)CC[C@H](O[C@@H]7OC[C@H](O[C@@H]8O[C@H](CO)[C@@H](O)[C@H](O)[C@H]8O)[C@H](O)[C@H]7O[C@@H]7O[C@@H](C)[C@H](O)[C@@H](O)[C@H]7O)C(C)(C)[C@@H]6CC[C@@]5(C)[C@]3(C)CC4)nn2)cc1. The van der Waals surface area contributed by atoms with Crippen LogP contribution in [0.4, 0.5) is 0 Å². The number of aliphatic hydroxyl groups excluding tert-OH is 8. The Labute approximate surface area is 451 Å². The average molecular weight is 1080 g/mol. The number of aromatic nitrogens is 3. The zero-order valence-corrected chi connectivity index (χ0v) is 46.2. The van der Waals surface area contributed by atoms with Crippen molar-refractivity contribution in [3.05, 3.63) is 47.8 Å². The Morgan fingerprint density at radius 1 is 0.766 bits per heavy atom. The molecule has 4 heterocycles. The van der Waals surface area contributed by atoms with E-state index in [-0.39, 0.29) is 52.6 Å². The van der Waals surface area contributed by atoms with Gasteiger partial charge >= 0.3 is 0 Å². The lowest BCUT2D eigenvalue weighted by atomic mass is 9.33. The number of methoxy groups -OCH3 is 1. The summed E-state index contributed by atoms with van der Waals surface area (Å²) in [5.74, 6) is 1.51. The minimum Gasteiger partial charge on any atom is -0.497 e. The first kappa shape index (κ1) is 57.1. The second kappa shape index (κ2) is 21.0. The third-order valence-corrected chi connectivity index (χ3v) is 21.3. The van der Waals surface area contributed by atoms with Crippen LogP contribution in [0.25, 0.3) is 5.69 Å². The Kier molecular flexibility index (Phi) is 15.5. The summed E-state index contributed by atoms with van der Waals surface area (Å²) < 4.78 is 44.1. The summed E-state index contributed by atoms with van der Waals surface area (Å²) in [6.45, 7) is 17.6. The molecule has 9 N–H and O–H groups in total. The van der Waals surface area contributed by atoms with Crippen LogP contribution >= 0.6 is 0 Å². The number of fused-ring (bicyclic) bond motifs is 7. The molecule has 0 spiro atoms. The molecule has 10 rings (SSSR count). The molecule has 22 atom stereocenters. The van der Waals surface area contributed by atoms with Gasteiger partial charge in [-0.15, -0.1) is 5.10 Å². The highest BCUT2D eigenvalue weighted by Crippen LogP contribution is 2.76. The van der Waals surface area contributed by atoms with Crippen LogP contribution in [0, 0.1) is 50.2 Å². The standard InChI is InChI=1S/C57H86N4O16/c1-29-40(63)43(66)45(68)48(73-29)77-47-42(65)36(75-49-46(69)44(67)41(64)35(27-62)74-49)28-72-50(47)76-39-17-18-54(6)37(53(39,4)5)16-19-56(8)38(54)15-14-33-34-24-52(2,3)20-22-57(34,23-21-55(33,56)7)51(70)58-25-30-26-61(60-59-30)31-10-12-32(71-9)13-11-31/h10-14,26,29,34-50,62-69H,15-25,27-28H2,1-9H3,(H,58,70)/t29-,34-,35+,36-,37-,38+,39-,40-,41+,42-,43+,44-,45+,46+,47+,48-,49-,50-,54-,55+,56+,57-/m0/s1. The van der Waals surface area contributed by atoms with E-state index < -0.39 is 110 Å². The maximum atomic E-state index is 14.9. The molecule has 3 saturated heterocycles. The number of carbonyl (C=O) groups is 1. The second-order valence-electron chi connectivity index (χ2n) is 26.2. The maximum Gasteiger partial charge on any atom is 0.227 e. The van der Waals surface area contributed by atoms with Gasteiger partial charge in [0.05, 0.1) is 56.4 Å². The van der Waals surface area contributed by atoms with E-state index in [0.29, 0.717) is 18.0 Å².